The number of carbonyl (C=O) groups excluding carboxylic acids is 2. The van der Waals surface area contributed by atoms with Crippen molar-refractivity contribution in [2.45, 2.75) is 12.8 Å². The van der Waals surface area contributed by atoms with Crippen molar-refractivity contribution >= 4 is 28.3 Å². The largest absolute Gasteiger partial charge is 0.497 e. The molecule has 3 rings (SSSR count). The summed E-state index contributed by atoms with van der Waals surface area (Å²) in [5.41, 5.74) is 0.466. The highest BCUT2D eigenvalue weighted by Gasteiger charge is 2.22. The number of hydrogen-bond acceptors (Lipinski definition) is 6. The summed E-state index contributed by atoms with van der Waals surface area (Å²) in [6.07, 6.45) is 3.99. The predicted molar refractivity (Wildman–Crippen MR) is 105 cm³/mol. The lowest BCUT2D eigenvalue weighted by molar-refractivity contribution is -0.120. The summed E-state index contributed by atoms with van der Waals surface area (Å²) in [6.45, 7) is 2.47. The Kier molecular flexibility index (Phi) is 6.64. The second-order valence-corrected chi connectivity index (χ2v) is 7.36. The number of carbonyl (C=O) groups is 2. The van der Waals surface area contributed by atoms with Crippen molar-refractivity contribution in [3.05, 3.63) is 41.4 Å². The van der Waals surface area contributed by atoms with Gasteiger partial charge in [-0.25, -0.2) is 4.98 Å². The van der Waals surface area contributed by atoms with Gasteiger partial charge in [0.15, 0.2) is 5.13 Å². The lowest BCUT2D eigenvalue weighted by atomic mass is 9.98. The van der Waals surface area contributed by atoms with E-state index in [0.29, 0.717) is 23.8 Å². The van der Waals surface area contributed by atoms with Gasteiger partial charge in [0.05, 0.1) is 13.7 Å². The Bertz CT molecular complexity index is 766. The lowest BCUT2D eigenvalue weighted by Crippen LogP contribution is -2.43. The monoisotopic (exact) mass is 388 g/mol. The van der Waals surface area contributed by atoms with E-state index < -0.39 is 0 Å². The molecule has 27 heavy (non-hydrogen) atoms. The van der Waals surface area contributed by atoms with Gasteiger partial charge >= 0.3 is 0 Å². The van der Waals surface area contributed by atoms with E-state index in [9.17, 15) is 9.59 Å². The van der Waals surface area contributed by atoms with Gasteiger partial charge in [-0.05, 0) is 37.0 Å². The minimum absolute atomic E-state index is 0.0427. The topological polar surface area (TPSA) is 83.6 Å². The molecule has 1 aliphatic heterocycles. The molecule has 1 aromatic heterocycles. The van der Waals surface area contributed by atoms with E-state index in [2.05, 4.69) is 20.5 Å². The van der Waals surface area contributed by atoms with Crippen LogP contribution in [0.3, 0.4) is 0 Å². The third-order valence-corrected chi connectivity index (χ3v) is 5.37. The summed E-state index contributed by atoms with van der Waals surface area (Å²) in [5.74, 6) is 0.518. The van der Waals surface area contributed by atoms with Crippen molar-refractivity contribution < 1.29 is 14.3 Å². The quantitative estimate of drug-likeness (QED) is 0.757. The summed E-state index contributed by atoms with van der Waals surface area (Å²) in [7, 11) is 1.55. The number of aromatic nitrogens is 1. The molecule has 2 amide bonds. The van der Waals surface area contributed by atoms with E-state index in [4.69, 9.17) is 4.74 Å². The highest BCUT2D eigenvalue weighted by molar-refractivity contribution is 7.13. The standard InChI is InChI=1S/C19H24N4O3S/c1-26-16-6-2-5-15(10-16)18(25)22-12-17(24)21-11-14-4-3-8-23(13-14)19-20-7-9-27-19/h2,5-7,9-10,14H,3-4,8,11-13H2,1H3,(H,21,24)(H,22,25). The van der Waals surface area contributed by atoms with Gasteiger partial charge in [0.2, 0.25) is 5.91 Å². The molecule has 0 bridgehead atoms. The van der Waals surface area contributed by atoms with Gasteiger partial charge in [0.1, 0.15) is 5.75 Å². The predicted octanol–water partition coefficient (Wildman–Crippen LogP) is 1.91. The van der Waals surface area contributed by atoms with Gasteiger partial charge in [-0.15, -0.1) is 11.3 Å². The van der Waals surface area contributed by atoms with Crippen LogP contribution in [0.25, 0.3) is 0 Å². The molecule has 7 nitrogen and oxygen atoms in total. The van der Waals surface area contributed by atoms with Crippen LogP contribution in [0.1, 0.15) is 23.2 Å². The van der Waals surface area contributed by atoms with Crippen molar-refractivity contribution in [1.82, 2.24) is 15.6 Å². The van der Waals surface area contributed by atoms with Crippen LogP contribution in [0.15, 0.2) is 35.8 Å². The average molecular weight is 388 g/mol. The minimum Gasteiger partial charge on any atom is -0.497 e. The molecule has 2 N–H and O–H groups in total. The van der Waals surface area contributed by atoms with Gasteiger partial charge in [-0.1, -0.05) is 6.07 Å². The number of piperidine rings is 1. The van der Waals surface area contributed by atoms with E-state index in [1.54, 1.807) is 42.7 Å². The van der Waals surface area contributed by atoms with Gasteiger partial charge < -0.3 is 20.3 Å². The molecule has 8 heteroatoms. The van der Waals surface area contributed by atoms with Gasteiger partial charge in [-0.3, -0.25) is 9.59 Å². The minimum atomic E-state index is -0.295. The molecule has 1 fully saturated rings. The Hall–Kier alpha value is -2.61. The molecular formula is C19H24N4O3S. The second-order valence-electron chi connectivity index (χ2n) is 6.49. The molecule has 1 saturated heterocycles. The van der Waals surface area contributed by atoms with Gasteiger partial charge in [-0.2, -0.15) is 0 Å². The number of thiazole rings is 1. The fourth-order valence-corrected chi connectivity index (χ4v) is 3.81. The molecule has 1 atom stereocenters. The molecule has 0 saturated carbocycles. The molecule has 0 spiro atoms. The van der Waals surface area contributed by atoms with Crippen LogP contribution in [0.5, 0.6) is 5.75 Å². The summed E-state index contributed by atoms with van der Waals surface area (Å²) < 4.78 is 5.10. The molecule has 2 aromatic rings. The smallest absolute Gasteiger partial charge is 0.251 e. The Morgan fingerprint density at radius 1 is 1.37 bits per heavy atom. The maximum absolute atomic E-state index is 12.1. The van der Waals surface area contributed by atoms with Crippen LogP contribution in [0.4, 0.5) is 5.13 Å². The molecule has 0 radical (unpaired) electrons. The average Bonchev–Trinajstić information content (AvgIpc) is 3.25. The zero-order valence-electron chi connectivity index (χ0n) is 15.3. The molecule has 0 aliphatic carbocycles. The Labute approximate surface area is 162 Å². The maximum Gasteiger partial charge on any atom is 0.251 e. The highest BCUT2D eigenvalue weighted by Crippen LogP contribution is 2.24. The van der Waals surface area contributed by atoms with Crippen LogP contribution in [0, 0.1) is 5.92 Å². The number of rotatable bonds is 7. The summed E-state index contributed by atoms with van der Waals surface area (Å²) in [4.78, 5) is 30.9. The van der Waals surface area contributed by atoms with E-state index in [1.807, 2.05) is 11.6 Å². The first-order valence-corrected chi connectivity index (χ1v) is 9.87. The number of hydrogen-bond donors (Lipinski definition) is 2. The van der Waals surface area contributed by atoms with Crippen molar-refractivity contribution in [2.24, 2.45) is 5.92 Å². The fraction of sp³-hybridized carbons (Fsp3) is 0.421. The summed E-state index contributed by atoms with van der Waals surface area (Å²) in [5, 5.41) is 8.59. The lowest BCUT2D eigenvalue weighted by Gasteiger charge is -2.32. The van der Waals surface area contributed by atoms with Crippen LogP contribution in [-0.2, 0) is 4.79 Å². The zero-order valence-corrected chi connectivity index (χ0v) is 16.1. The fourth-order valence-electron chi connectivity index (χ4n) is 3.13. The molecular weight excluding hydrogens is 364 g/mol. The molecule has 1 aromatic carbocycles. The normalized spacial score (nSPS) is 16.6. The van der Waals surface area contributed by atoms with Crippen molar-refractivity contribution in [3.8, 4) is 5.75 Å². The second kappa shape index (κ2) is 9.36. The number of methoxy groups -OCH3 is 1. The van der Waals surface area contributed by atoms with E-state index in [0.717, 1.165) is 31.1 Å². The molecule has 1 aliphatic rings. The highest BCUT2D eigenvalue weighted by atomic mass is 32.1. The first-order chi connectivity index (χ1) is 13.2. The van der Waals surface area contributed by atoms with Crippen LogP contribution < -0.4 is 20.3 Å². The molecule has 144 valence electrons. The van der Waals surface area contributed by atoms with Gasteiger partial charge in [0.25, 0.3) is 5.91 Å². The van der Waals surface area contributed by atoms with E-state index >= 15 is 0 Å². The molecule has 2 heterocycles. The third-order valence-electron chi connectivity index (χ3n) is 4.54. The number of anilines is 1. The van der Waals surface area contributed by atoms with Crippen molar-refractivity contribution in [2.75, 3.05) is 38.2 Å². The third kappa shape index (κ3) is 5.43. The Morgan fingerprint density at radius 3 is 3.04 bits per heavy atom. The van der Waals surface area contributed by atoms with Crippen LogP contribution in [-0.4, -0.2) is 50.1 Å². The number of nitrogens with one attached hydrogen (secondary N) is 2. The summed E-state index contributed by atoms with van der Waals surface area (Å²) >= 11 is 1.64. The summed E-state index contributed by atoms with van der Waals surface area (Å²) in [6, 6.07) is 6.83. The van der Waals surface area contributed by atoms with Gasteiger partial charge in [0, 0.05) is 36.8 Å². The number of amides is 2. The zero-order chi connectivity index (χ0) is 19.1. The van der Waals surface area contributed by atoms with E-state index in [-0.39, 0.29) is 18.4 Å². The Balaban J connectivity index is 1.41. The van der Waals surface area contributed by atoms with Crippen molar-refractivity contribution in [1.29, 1.82) is 0 Å². The molecule has 1 unspecified atom stereocenters. The van der Waals surface area contributed by atoms with Crippen LogP contribution in [0.2, 0.25) is 0 Å². The van der Waals surface area contributed by atoms with E-state index in [1.165, 1.54) is 0 Å². The van der Waals surface area contributed by atoms with Crippen LogP contribution >= 0.6 is 11.3 Å². The maximum atomic E-state index is 12.1. The number of nitrogens with zero attached hydrogens (tertiary/aromatic N) is 2. The Morgan fingerprint density at radius 2 is 2.26 bits per heavy atom. The SMILES string of the molecule is COc1cccc(C(=O)NCC(=O)NCC2CCCN(c3nccs3)C2)c1. The number of benzene rings is 1. The number of ether oxygens (including phenoxy) is 1. The first kappa shape index (κ1) is 19.2. The first-order valence-electron chi connectivity index (χ1n) is 8.99. The van der Waals surface area contributed by atoms with Crippen molar-refractivity contribution in [3.63, 3.8) is 0 Å².